The number of hydrogen-bond acceptors (Lipinski definition) is 3. The second-order valence-electron chi connectivity index (χ2n) is 27.7. The van der Waals surface area contributed by atoms with E-state index in [-0.39, 0.29) is 0 Å². The number of fused-ring (bicyclic) bond motifs is 24. The van der Waals surface area contributed by atoms with Gasteiger partial charge < -0.3 is 4.42 Å². The highest BCUT2D eigenvalue weighted by atomic mass is 32.1. The smallest absolute Gasteiger partial charge is 0.143 e. The number of hydrogen-bond donors (Lipinski definition) is 0. The van der Waals surface area contributed by atoms with Crippen molar-refractivity contribution in [2.75, 3.05) is 0 Å². The largest absolute Gasteiger partial charge is 0.455 e. The van der Waals surface area contributed by atoms with Gasteiger partial charge in [0.1, 0.15) is 11.2 Å². The molecule has 0 saturated carbocycles. The van der Waals surface area contributed by atoms with Gasteiger partial charge in [-0.15, -0.1) is 11.3 Å². The predicted octanol–water partition coefficient (Wildman–Crippen LogP) is 28.1. The van der Waals surface area contributed by atoms with E-state index in [4.69, 9.17) is 4.42 Å². The highest BCUT2D eigenvalue weighted by Gasteiger charge is 2.31. The van der Waals surface area contributed by atoms with E-state index in [1.807, 2.05) is 29.5 Å². The molecule has 0 spiro atoms. The third-order valence-corrected chi connectivity index (χ3v) is 24.2. The predicted molar refractivity (Wildman–Crippen MR) is 428 cm³/mol. The quantitative estimate of drug-likeness (QED) is 0.161. The summed E-state index contributed by atoms with van der Waals surface area (Å²) in [5.74, 6) is 0. The Morgan fingerprint density at radius 2 is 0.640 bits per heavy atom. The zero-order valence-electron chi connectivity index (χ0n) is 53.6. The van der Waals surface area contributed by atoms with E-state index in [9.17, 15) is 5.26 Å². The first kappa shape index (κ1) is 53.2. The van der Waals surface area contributed by atoms with Gasteiger partial charge in [0, 0.05) is 47.1 Å². The number of benzene rings is 18. The molecule has 0 aliphatic carbocycles. The Morgan fingerprint density at radius 3 is 1.22 bits per heavy atom. The maximum Gasteiger partial charge on any atom is 0.143 e. The topological polar surface area (TPSA) is 36.9 Å². The Hall–Kier alpha value is -13.0. The summed E-state index contributed by atoms with van der Waals surface area (Å²) in [5, 5.41) is 50.2. The molecule has 0 unspecified atom stereocenters. The van der Waals surface area contributed by atoms with Crippen molar-refractivity contribution in [2.45, 2.75) is 0 Å². The first-order valence-electron chi connectivity index (χ1n) is 34.5. The maximum atomic E-state index is 10.2. The van der Waals surface area contributed by atoms with Crippen LogP contribution in [-0.2, 0) is 0 Å². The van der Waals surface area contributed by atoms with Crippen LogP contribution in [0.3, 0.4) is 0 Å². The van der Waals surface area contributed by atoms with Gasteiger partial charge in [-0.05, 0) is 239 Å². The molecule has 22 aromatic carbocycles. The molecule has 3 heteroatoms. The molecule has 0 fully saturated rings. The molecule has 0 radical (unpaired) electrons. The first-order chi connectivity index (χ1) is 49.6. The second-order valence-corrected chi connectivity index (χ2v) is 28.7. The minimum absolute atomic E-state index is 0.614. The molecule has 2 nitrogen and oxygen atoms in total. The Morgan fingerprint density at radius 1 is 0.220 bits per heavy atom. The molecule has 0 aliphatic heterocycles. The molecule has 0 amide bonds. The number of furan rings is 1. The summed E-state index contributed by atoms with van der Waals surface area (Å²) >= 11 is 1.95. The Kier molecular flexibility index (Phi) is 10.2. The fraction of sp³-hybridized carbons (Fsp3) is 0. The summed E-state index contributed by atoms with van der Waals surface area (Å²) < 4.78 is 9.42. The molecule has 24 rings (SSSR count). The first-order valence-corrected chi connectivity index (χ1v) is 35.3. The van der Waals surface area contributed by atoms with Gasteiger partial charge in [-0.1, -0.05) is 249 Å². The van der Waals surface area contributed by atoms with Crippen molar-refractivity contribution in [3.8, 4) is 61.7 Å². The molecular weight excluding hydrogens is 1230 g/mol. The molecule has 100 heavy (non-hydrogen) atoms. The lowest BCUT2D eigenvalue weighted by atomic mass is 9.84. The van der Waals surface area contributed by atoms with Crippen LogP contribution in [-0.4, -0.2) is 0 Å². The van der Waals surface area contributed by atoms with Crippen LogP contribution in [0.4, 0.5) is 0 Å². The van der Waals surface area contributed by atoms with Crippen LogP contribution in [0.2, 0.25) is 0 Å². The van der Waals surface area contributed by atoms with Gasteiger partial charge in [-0.25, -0.2) is 0 Å². The van der Waals surface area contributed by atoms with E-state index in [1.54, 1.807) is 0 Å². The lowest BCUT2D eigenvalue weighted by molar-refractivity contribution is 0.672. The van der Waals surface area contributed by atoms with Crippen LogP contribution in [0.15, 0.2) is 302 Å². The molecule has 0 aliphatic rings. The van der Waals surface area contributed by atoms with Crippen molar-refractivity contribution < 1.29 is 4.42 Å². The molecule has 24 aromatic rings. The Bertz CT molecular complexity index is 7790. The van der Waals surface area contributed by atoms with Gasteiger partial charge in [0.15, 0.2) is 0 Å². The third-order valence-electron chi connectivity index (χ3n) is 23.0. The van der Waals surface area contributed by atoms with Gasteiger partial charge >= 0.3 is 0 Å². The van der Waals surface area contributed by atoms with Gasteiger partial charge in [0.25, 0.3) is 0 Å². The fourth-order valence-electron chi connectivity index (χ4n) is 19.1. The van der Waals surface area contributed by atoms with Crippen molar-refractivity contribution in [3.05, 3.63) is 303 Å². The van der Waals surface area contributed by atoms with E-state index in [2.05, 4.69) is 285 Å². The summed E-state index contributed by atoms with van der Waals surface area (Å²) in [5.41, 5.74) is 14.5. The molecule has 454 valence electrons. The summed E-state index contributed by atoms with van der Waals surface area (Å²) in [7, 11) is 0. The number of thiophene rings is 1. The van der Waals surface area contributed by atoms with Gasteiger partial charge in [0.2, 0.25) is 0 Å². The average Bonchev–Trinajstić information content (AvgIpc) is 1.50. The number of nitrogens with zero attached hydrogens (tertiary/aromatic N) is 1. The summed E-state index contributed by atoms with van der Waals surface area (Å²) in [6.07, 6.45) is 0. The van der Waals surface area contributed by atoms with E-state index in [1.165, 1.54) is 221 Å². The van der Waals surface area contributed by atoms with Gasteiger partial charge in [-0.3, -0.25) is 0 Å². The SMILES string of the molecule is N#Cc1ccc2oc3c(cc4c5c(-c6ccccc6)c6cc7c8ccc(-c9cccc%10c9sc9c%10cc%10c%11c(-c%12ccccc%12)c%12cc%13c%14ccccc%14c%14cccc(c%12c(-c%12ccccc%12)c%11c%11cccc9c%10%11)c%14%13)cc8c8cccc(c6c(-c6ccccc6)c5c5cccc3c45)c87)c2c1. The highest BCUT2D eigenvalue weighted by Crippen LogP contribution is 2.59. The number of nitriles is 1. The fourth-order valence-corrected chi connectivity index (χ4v) is 20.5. The zero-order valence-corrected chi connectivity index (χ0v) is 54.4. The van der Waals surface area contributed by atoms with Crippen molar-refractivity contribution in [3.63, 3.8) is 0 Å². The van der Waals surface area contributed by atoms with Crippen molar-refractivity contribution in [1.29, 1.82) is 5.26 Å². The standard InChI is InChI=1S/C97H49NOS/c98-50-51-40-43-80-71(44-51)74-48-78-87-66(36-18-38-68(87)95(74)99-80)91-83(54-24-9-3-10-25-54)90-65-35-17-32-62-70-45-56(41-42-60(70)73(86(62)65)47-77(90)81(93(78)91)52-20-5-1-6-21-52)57-30-15-33-63-75-49-79-88-67(37-19-39-69(88)97(75)100-96(57)63)92-84(55-26-11-4-12-27-55)89-64-34-16-31-61-58-28-13-14-29-59(58)72(85(61)64)46-76(89)82(94(79)92)53-22-7-2-8-23-53/h1-49H. The van der Waals surface area contributed by atoms with E-state index >= 15 is 0 Å². The van der Waals surface area contributed by atoms with Crippen LogP contribution in [0.25, 0.3) is 249 Å². The molecule has 0 N–H and O–H groups in total. The molecule has 2 heterocycles. The zero-order chi connectivity index (χ0) is 64.9. The van der Waals surface area contributed by atoms with Crippen molar-refractivity contribution in [1.82, 2.24) is 0 Å². The Labute approximate surface area is 574 Å². The lowest BCUT2D eigenvalue weighted by Crippen LogP contribution is -1.91. The average molecular weight is 1280 g/mol. The summed E-state index contributed by atoms with van der Waals surface area (Å²) in [6, 6.07) is 114. The second kappa shape index (κ2) is 19.2. The maximum absolute atomic E-state index is 10.2. The molecule has 2 aromatic heterocycles. The van der Waals surface area contributed by atoms with E-state index in [0.29, 0.717) is 5.56 Å². The minimum atomic E-state index is 0.614. The lowest BCUT2D eigenvalue weighted by Gasteiger charge is -2.19. The molecule has 0 saturated heterocycles. The van der Waals surface area contributed by atoms with Crippen LogP contribution in [0.1, 0.15) is 5.56 Å². The Balaban J connectivity index is 0.778. The summed E-state index contributed by atoms with van der Waals surface area (Å²) in [4.78, 5) is 0. The number of rotatable bonds is 5. The van der Waals surface area contributed by atoms with Gasteiger partial charge in [0.05, 0.1) is 11.6 Å². The van der Waals surface area contributed by atoms with E-state index in [0.717, 1.165) is 27.3 Å². The normalized spacial score (nSPS) is 12.6. The van der Waals surface area contributed by atoms with Crippen LogP contribution < -0.4 is 0 Å². The molecular formula is C97H49NOS. The minimum Gasteiger partial charge on any atom is -0.455 e. The van der Waals surface area contributed by atoms with Gasteiger partial charge in [-0.2, -0.15) is 5.26 Å². The van der Waals surface area contributed by atoms with Crippen LogP contribution in [0, 0.1) is 11.3 Å². The van der Waals surface area contributed by atoms with Crippen molar-refractivity contribution in [2.24, 2.45) is 0 Å². The van der Waals surface area contributed by atoms with Crippen LogP contribution in [0.5, 0.6) is 0 Å². The van der Waals surface area contributed by atoms with E-state index < -0.39 is 0 Å². The molecule has 0 bridgehead atoms. The summed E-state index contributed by atoms with van der Waals surface area (Å²) in [6.45, 7) is 0. The van der Waals surface area contributed by atoms with Crippen molar-refractivity contribution >= 4 is 204 Å². The third kappa shape index (κ3) is 6.67. The highest BCUT2D eigenvalue weighted by molar-refractivity contribution is 7.27. The molecule has 0 atom stereocenters. The van der Waals surface area contributed by atoms with Crippen LogP contribution >= 0.6 is 11.3 Å². The monoisotopic (exact) mass is 1280 g/mol.